The molecule has 0 fully saturated rings. The number of benzene rings is 9. The van der Waals surface area contributed by atoms with Gasteiger partial charge in [0.2, 0.25) is 11.5 Å². The Kier molecular flexibility index (Phi) is 16.0. The van der Waals surface area contributed by atoms with E-state index in [1.54, 1.807) is 24.3 Å². The Morgan fingerprint density at radius 1 is 0.346 bits per heavy atom. The monoisotopic (exact) mass is 1080 g/mol. The average Bonchev–Trinajstić information content (AvgIpc) is 3.33. The van der Waals surface area contributed by atoms with Crippen molar-refractivity contribution < 1.29 is 62.2 Å². The van der Waals surface area contributed by atoms with E-state index in [2.05, 4.69) is 5.32 Å². The van der Waals surface area contributed by atoms with Gasteiger partial charge < -0.3 is 38.5 Å². The van der Waals surface area contributed by atoms with Crippen molar-refractivity contribution in [1.82, 2.24) is 0 Å². The molecule has 78 heavy (non-hydrogen) atoms. The van der Waals surface area contributed by atoms with Crippen LogP contribution < -0.4 is 38.5 Å². The topological polar surface area (TPSA) is 111 Å². The standard InChI is InChI=1S/C62H50F5NO9S/c63-78(64,65,66,67)52-31-32-53(68-61(69)50-33-55(71-38-44-19-7-1-8-20-44)59(75-42-48-27-15-5-16-28-48)56(34-50)72-39-45-21-9-2-10-22-45)54(37-52)77-62(70)51-35-57(73-40-46-23-11-3-12-24-46)60(76-43-49-29-17-6-18-30-49)58(36-51)74-41-47-25-13-4-14-26-47/h1-37H,38-43H2,(H,68,69). The second-order valence-electron chi connectivity index (χ2n) is 17.7. The van der Waals surface area contributed by atoms with Gasteiger partial charge in [-0.15, -0.1) is 0 Å². The lowest BCUT2D eigenvalue weighted by atomic mass is 10.1. The minimum absolute atomic E-state index is 0.0137. The highest BCUT2D eigenvalue weighted by Crippen LogP contribution is 3.02. The molecule has 0 aliphatic carbocycles. The number of ether oxygens (including phenoxy) is 7. The van der Waals surface area contributed by atoms with E-state index in [0.717, 1.165) is 33.4 Å². The van der Waals surface area contributed by atoms with Gasteiger partial charge in [0.15, 0.2) is 28.7 Å². The van der Waals surface area contributed by atoms with E-state index >= 15 is 0 Å². The number of rotatable bonds is 23. The summed E-state index contributed by atoms with van der Waals surface area (Å²) in [5.74, 6) is -3.10. The van der Waals surface area contributed by atoms with Gasteiger partial charge in [-0.2, -0.15) is 0 Å². The van der Waals surface area contributed by atoms with Crippen molar-refractivity contribution in [2.45, 2.75) is 44.5 Å². The summed E-state index contributed by atoms with van der Waals surface area (Å²) in [6, 6.07) is 60.6. The van der Waals surface area contributed by atoms with Crippen LogP contribution in [0.1, 0.15) is 54.1 Å². The molecule has 1 amide bonds. The van der Waals surface area contributed by atoms with Crippen molar-refractivity contribution >= 4 is 27.8 Å². The first-order valence-corrected chi connectivity index (χ1v) is 26.3. The SMILES string of the molecule is O=C(Nc1ccc(S(F)(F)(F)(F)F)cc1OC(=O)c1cc(OCc2ccccc2)c(OCc2ccccc2)c(OCc2ccccc2)c1)c1cc(OCc2ccccc2)c(OCc2ccccc2)c(OCc2ccccc2)c1. The Hall–Kier alpha value is -9.28. The van der Waals surface area contributed by atoms with Gasteiger partial charge in [0.1, 0.15) is 44.5 Å². The Morgan fingerprint density at radius 2 is 0.641 bits per heavy atom. The van der Waals surface area contributed by atoms with Crippen molar-refractivity contribution in [1.29, 1.82) is 0 Å². The molecule has 0 radical (unpaired) electrons. The summed E-state index contributed by atoms with van der Waals surface area (Å²) in [5, 5.41) is 2.47. The minimum atomic E-state index is -10.4. The van der Waals surface area contributed by atoms with Crippen molar-refractivity contribution in [2.75, 3.05) is 5.32 Å². The van der Waals surface area contributed by atoms with Crippen LogP contribution >= 0.6 is 10.2 Å². The largest absolute Gasteiger partial charge is 0.485 e. The summed E-state index contributed by atoms with van der Waals surface area (Å²) in [7, 11) is -10.4. The molecule has 0 bridgehead atoms. The molecule has 398 valence electrons. The highest BCUT2D eigenvalue weighted by molar-refractivity contribution is 8.45. The van der Waals surface area contributed by atoms with E-state index in [0.29, 0.717) is 6.07 Å². The lowest BCUT2D eigenvalue weighted by Crippen LogP contribution is -2.17. The molecule has 9 rings (SSSR count). The van der Waals surface area contributed by atoms with Gasteiger partial charge in [-0.1, -0.05) is 201 Å². The second kappa shape index (κ2) is 23.3. The summed E-state index contributed by atoms with van der Waals surface area (Å²) in [6.07, 6.45) is 0. The molecular weight excluding hydrogens is 1030 g/mol. The zero-order valence-corrected chi connectivity index (χ0v) is 42.4. The smallest absolute Gasteiger partial charge is 0.343 e. The zero-order valence-electron chi connectivity index (χ0n) is 41.6. The van der Waals surface area contributed by atoms with Crippen LogP contribution in [0.2, 0.25) is 0 Å². The van der Waals surface area contributed by atoms with Crippen LogP contribution in [0, 0.1) is 0 Å². The summed E-state index contributed by atoms with van der Waals surface area (Å²) < 4.78 is 117. The zero-order chi connectivity index (χ0) is 54.4. The molecule has 0 aliphatic heterocycles. The van der Waals surface area contributed by atoms with E-state index < -0.39 is 38.4 Å². The molecule has 0 atom stereocenters. The maximum atomic E-state index is 14.6. The predicted molar refractivity (Wildman–Crippen MR) is 288 cm³/mol. The van der Waals surface area contributed by atoms with Gasteiger partial charge in [-0.05, 0) is 69.8 Å². The molecule has 0 saturated carbocycles. The lowest BCUT2D eigenvalue weighted by Gasteiger charge is -2.40. The third-order valence-corrected chi connectivity index (χ3v) is 12.9. The fourth-order valence-corrected chi connectivity index (χ4v) is 8.45. The molecule has 0 spiro atoms. The molecule has 1 N–H and O–H groups in total. The maximum absolute atomic E-state index is 14.6. The van der Waals surface area contributed by atoms with E-state index in [-0.39, 0.29) is 97.4 Å². The molecule has 0 aliphatic rings. The molecule has 0 saturated heterocycles. The molecular formula is C62H50F5NO9S. The maximum Gasteiger partial charge on any atom is 0.343 e. The molecule has 0 aromatic heterocycles. The van der Waals surface area contributed by atoms with E-state index in [1.165, 1.54) is 24.3 Å². The van der Waals surface area contributed by atoms with Crippen LogP contribution in [0.25, 0.3) is 0 Å². The van der Waals surface area contributed by atoms with Crippen LogP contribution in [0.5, 0.6) is 40.2 Å². The van der Waals surface area contributed by atoms with Crippen molar-refractivity contribution in [3.63, 3.8) is 0 Å². The number of carbonyl (C=O) groups excluding carboxylic acids is 2. The minimum Gasteiger partial charge on any atom is -0.485 e. The van der Waals surface area contributed by atoms with Crippen LogP contribution in [-0.4, -0.2) is 11.9 Å². The van der Waals surface area contributed by atoms with Crippen molar-refractivity contribution in [2.24, 2.45) is 0 Å². The van der Waals surface area contributed by atoms with Crippen LogP contribution in [0.15, 0.2) is 229 Å². The number of hydrogen-bond donors (Lipinski definition) is 1. The van der Waals surface area contributed by atoms with Crippen molar-refractivity contribution in [3.05, 3.63) is 269 Å². The molecule has 0 unspecified atom stereocenters. The number of amides is 1. The third-order valence-electron chi connectivity index (χ3n) is 11.8. The summed E-state index contributed by atoms with van der Waals surface area (Å²) in [5.41, 5.74) is 3.51. The highest BCUT2D eigenvalue weighted by Gasteiger charge is 2.65. The first-order chi connectivity index (χ1) is 37.6. The summed E-state index contributed by atoms with van der Waals surface area (Å²) in [6.45, 7) is 0.0647. The van der Waals surface area contributed by atoms with E-state index in [1.807, 2.05) is 158 Å². The van der Waals surface area contributed by atoms with Gasteiger partial charge in [0, 0.05) is 11.6 Å². The Balaban J connectivity index is 1.09. The number of esters is 1. The van der Waals surface area contributed by atoms with Gasteiger partial charge in [-0.3, -0.25) is 4.79 Å². The number of hydrogen-bond acceptors (Lipinski definition) is 9. The van der Waals surface area contributed by atoms with Gasteiger partial charge in [0.25, 0.3) is 5.91 Å². The molecule has 16 heteroatoms. The number of halogens is 5. The number of carbonyl (C=O) groups is 2. The normalized spacial score (nSPS) is 12.0. The van der Waals surface area contributed by atoms with Gasteiger partial charge in [-0.25, -0.2) is 4.79 Å². The lowest BCUT2D eigenvalue weighted by molar-refractivity contribution is 0.0732. The van der Waals surface area contributed by atoms with Gasteiger partial charge in [0.05, 0.1) is 11.3 Å². The van der Waals surface area contributed by atoms with Crippen LogP contribution in [0.4, 0.5) is 25.1 Å². The molecule has 9 aromatic carbocycles. The van der Waals surface area contributed by atoms with Gasteiger partial charge >= 0.3 is 16.2 Å². The summed E-state index contributed by atoms with van der Waals surface area (Å²) >= 11 is 0. The van der Waals surface area contributed by atoms with Crippen molar-refractivity contribution in [3.8, 4) is 40.2 Å². The Labute approximate surface area is 447 Å². The number of anilines is 1. The van der Waals surface area contributed by atoms with Crippen LogP contribution in [0.3, 0.4) is 0 Å². The molecule has 9 aromatic rings. The Bertz CT molecular complexity index is 3350. The first kappa shape index (κ1) is 53.5. The number of nitrogens with one attached hydrogen (secondary N) is 1. The quantitative estimate of drug-likeness (QED) is 0.0380. The molecule has 10 nitrogen and oxygen atoms in total. The summed E-state index contributed by atoms with van der Waals surface area (Å²) in [4.78, 5) is 26.6. The average molecular weight is 1080 g/mol. The second-order valence-corrected chi connectivity index (χ2v) is 20.1. The fraction of sp³-hybridized carbons (Fsp3) is 0.0968. The third kappa shape index (κ3) is 14.8. The van der Waals surface area contributed by atoms with Crippen LogP contribution in [-0.2, 0) is 39.6 Å². The Morgan fingerprint density at radius 3 is 0.949 bits per heavy atom. The molecule has 0 heterocycles. The van der Waals surface area contributed by atoms with E-state index in [9.17, 15) is 29.0 Å². The predicted octanol–water partition coefficient (Wildman–Crippen LogP) is 16.3. The first-order valence-electron chi connectivity index (χ1n) is 24.4. The highest BCUT2D eigenvalue weighted by atomic mass is 32.5. The van der Waals surface area contributed by atoms with E-state index in [4.69, 9.17) is 33.2 Å². The fourth-order valence-electron chi connectivity index (χ4n) is 7.80.